The highest BCUT2D eigenvalue weighted by molar-refractivity contribution is 6.03. The summed E-state index contributed by atoms with van der Waals surface area (Å²) in [7, 11) is 0. The minimum Gasteiger partial charge on any atom is -0.336 e. The van der Waals surface area contributed by atoms with Crippen LogP contribution in [0.1, 0.15) is 72.8 Å². The zero-order valence-electron chi connectivity index (χ0n) is 34.3. The zero-order chi connectivity index (χ0) is 40.0. The Morgan fingerprint density at radius 3 is 1.93 bits per heavy atom. The fourth-order valence-corrected chi connectivity index (χ4v) is 10.9. The van der Waals surface area contributed by atoms with E-state index >= 15 is 0 Å². The molecule has 0 aromatic heterocycles. The monoisotopic (exact) mass is 771 g/mol. The van der Waals surface area contributed by atoms with Crippen molar-refractivity contribution in [2.75, 3.05) is 4.90 Å². The largest absolute Gasteiger partial charge is 0.336 e. The molecule has 0 amide bonds. The van der Waals surface area contributed by atoms with Crippen molar-refractivity contribution >= 4 is 32.9 Å². The van der Waals surface area contributed by atoms with Crippen LogP contribution in [0.25, 0.3) is 54.9 Å². The van der Waals surface area contributed by atoms with Crippen molar-refractivity contribution in [3.8, 4) is 33.4 Å². The van der Waals surface area contributed by atoms with Crippen LogP contribution in [0.2, 0.25) is 0 Å². The predicted octanol–water partition coefficient (Wildman–Crippen LogP) is 16.0. The molecular formula is C59H49N. The van der Waals surface area contributed by atoms with Crippen LogP contribution in [0, 0.1) is 0 Å². The average molecular weight is 772 g/mol. The molecule has 9 aromatic carbocycles. The van der Waals surface area contributed by atoms with Crippen molar-refractivity contribution in [2.24, 2.45) is 0 Å². The first-order valence-corrected chi connectivity index (χ1v) is 21.9. The van der Waals surface area contributed by atoms with E-state index in [1.165, 1.54) is 126 Å². The summed E-state index contributed by atoms with van der Waals surface area (Å²) in [5.74, 6) is 0.597. The summed E-state index contributed by atoms with van der Waals surface area (Å²) < 4.78 is 0. The first kappa shape index (κ1) is 36.4. The second-order valence-electron chi connectivity index (χ2n) is 17.1. The van der Waals surface area contributed by atoms with Gasteiger partial charge in [0, 0.05) is 28.9 Å². The lowest BCUT2D eigenvalue weighted by molar-refractivity contribution is 0.445. The quantitative estimate of drug-likeness (QED) is 0.149. The molecular weight excluding hydrogens is 723 g/mol. The molecule has 2 aliphatic rings. The van der Waals surface area contributed by atoms with Gasteiger partial charge in [0.05, 0.1) is 0 Å². The van der Waals surface area contributed by atoms with E-state index in [1.54, 1.807) is 0 Å². The van der Waals surface area contributed by atoms with Gasteiger partial charge in [0.2, 0.25) is 0 Å². The first-order valence-electron chi connectivity index (χ1n) is 21.9. The third-order valence-corrected chi connectivity index (χ3v) is 13.9. The summed E-state index contributed by atoms with van der Waals surface area (Å²) in [5, 5.41) is 5.28. The maximum atomic E-state index is 2.58. The van der Waals surface area contributed by atoms with Gasteiger partial charge in [-0.1, -0.05) is 201 Å². The minimum atomic E-state index is -0.259. The van der Waals surface area contributed by atoms with Crippen LogP contribution in [0.3, 0.4) is 0 Å². The van der Waals surface area contributed by atoms with Crippen molar-refractivity contribution < 1.29 is 0 Å². The van der Waals surface area contributed by atoms with E-state index in [0.29, 0.717) is 12.5 Å². The lowest BCUT2D eigenvalue weighted by Crippen LogP contribution is -2.22. The SMILES string of the molecule is CC1(c2ccccc2)c2ccccc2-c2c(CN(c3ccc(-c4cccc5ccccc45)cc3)c3ccccc3-c3cccc4cccc(C5CCCCC5)c34)cccc21. The number of nitrogens with zero attached hydrogens (tertiary/aromatic N) is 1. The number of rotatable bonds is 8. The van der Waals surface area contributed by atoms with Crippen molar-refractivity contribution in [1.29, 1.82) is 0 Å². The molecule has 0 bridgehead atoms. The minimum absolute atomic E-state index is 0.259. The van der Waals surface area contributed by atoms with Crippen LogP contribution in [0.15, 0.2) is 200 Å². The van der Waals surface area contributed by atoms with Gasteiger partial charge in [0.25, 0.3) is 0 Å². The van der Waals surface area contributed by atoms with Gasteiger partial charge >= 0.3 is 0 Å². The summed E-state index contributed by atoms with van der Waals surface area (Å²) in [6, 6.07) is 75.0. The lowest BCUT2D eigenvalue weighted by atomic mass is 9.74. The number of para-hydroxylation sites is 1. The molecule has 1 saturated carbocycles. The Morgan fingerprint density at radius 1 is 0.483 bits per heavy atom. The van der Waals surface area contributed by atoms with Gasteiger partial charge in [-0.3, -0.25) is 0 Å². The fraction of sp³-hybridized carbons (Fsp3) is 0.153. The number of fused-ring (bicyclic) bond motifs is 5. The van der Waals surface area contributed by atoms with E-state index in [-0.39, 0.29) is 5.41 Å². The molecule has 0 radical (unpaired) electrons. The van der Waals surface area contributed by atoms with E-state index in [1.807, 2.05) is 0 Å². The van der Waals surface area contributed by atoms with Gasteiger partial charge < -0.3 is 4.90 Å². The van der Waals surface area contributed by atoms with Crippen LogP contribution < -0.4 is 4.90 Å². The molecule has 0 aliphatic heterocycles. The standard InChI is InChI=1S/C59H49N/c1-59(46-25-6-3-7-26-46)54-33-12-10-29-53(54)58-45(24-17-34-55(58)59)40-60(47-38-36-43(37-39-47)49-30-14-21-41-20-8-9-27-48(41)49)56-35-13-11-28-51(56)52-32-16-23-44-22-15-31-50(57(44)52)42-18-4-2-5-19-42/h3,6-17,20-39,42H,2,4-5,18-19,40H2,1H3. The molecule has 9 aromatic rings. The molecule has 0 saturated heterocycles. The van der Waals surface area contributed by atoms with Crippen LogP contribution in [0.4, 0.5) is 11.4 Å². The van der Waals surface area contributed by atoms with Crippen LogP contribution >= 0.6 is 0 Å². The molecule has 2 aliphatic carbocycles. The summed E-state index contributed by atoms with van der Waals surface area (Å²) >= 11 is 0. The van der Waals surface area contributed by atoms with Gasteiger partial charge in [-0.2, -0.15) is 0 Å². The molecule has 290 valence electrons. The molecule has 60 heavy (non-hydrogen) atoms. The molecule has 1 nitrogen and oxygen atoms in total. The van der Waals surface area contributed by atoms with Crippen LogP contribution in [-0.2, 0) is 12.0 Å². The van der Waals surface area contributed by atoms with Gasteiger partial charge in [0.15, 0.2) is 0 Å². The smallest absolute Gasteiger partial charge is 0.0493 e. The maximum Gasteiger partial charge on any atom is 0.0493 e. The summed E-state index contributed by atoms with van der Waals surface area (Å²) in [4.78, 5) is 2.58. The number of benzene rings is 9. The van der Waals surface area contributed by atoms with E-state index in [4.69, 9.17) is 0 Å². The molecule has 11 rings (SSSR count). The van der Waals surface area contributed by atoms with Crippen molar-refractivity contribution in [1.82, 2.24) is 0 Å². The third kappa shape index (κ3) is 6.06. The number of anilines is 2. The Morgan fingerprint density at radius 2 is 1.10 bits per heavy atom. The molecule has 1 atom stereocenters. The maximum absolute atomic E-state index is 2.58. The Balaban J connectivity index is 1.10. The van der Waals surface area contributed by atoms with Gasteiger partial charge in [-0.25, -0.2) is 0 Å². The molecule has 1 fully saturated rings. The third-order valence-electron chi connectivity index (χ3n) is 13.9. The van der Waals surface area contributed by atoms with Gasteiger partial charge in [-0.05, 0) is 121 Å². The predicted molar refractivity (Wildman–Crippen MR) is 254 cm³/mol. The topological polar surface area (TPSA) is 3.24 Å². The van der Waals surface area contributed by atoms with E-state index in [0.717, 1.165) is 0 Å². The summed E-state index contributed by atoms with van der Waals surface area (Å²) in [5.41, 5.74) is 16.8. The average Bonchev–Trinajstić information content (AvgIpc) is 3.60. The Bertz CT molecular complexity index is 3000. The van der Waals surface area contributed by atoms with Crippen LogP contribution in [0.5, 0.6) is 0 Å². The highest BCUT2D eigenvalue weighted by Crippen LogP contribution is 2.54. The summed E-state index contributed by atoms with van der Waals surface area (Å²) in [6.45, 7) is 3.13. The fourth-order valence-electron chi connectivity index (χ4n) is 10.9. The van der Waals surface area contributed by atoms with E-state index in [9.17, 15) is 0 Å². The Kier molecular flexibility index (Phi) is 9.19. The van der Waals surface area contributed by atoms with E-state index in [2.05, 4.69) is 212 Å². The van der Waals surface area contributed by atoms with Gasteiger partial charge in [0.1, 0.15) is 0 Å². The second-order valence-corrected chi connectivity index (χ2v) is 17.1. The molecule has 1 unspecified atom stereocenters. The molecule has 0 spiro atoms. The van der Waals surface area contributed by atoms with Crippen molar-refractivity contribution in [3.05, 3.63) is 228 Å². The molecule has 0 heterocycles. The highest BCUT2D eigenvalue weighted by Gasteiger charge is 2.41. The highest BCUT2D eigenvalue weighted by atomic mass is 15.1. The number of hydrogen-bond acceptors (Lipinski definition) is 1. The first-order chi connectivity index (χ1) is 29.7. The Hall–Kier alpha value is -6.70. The molecule has 1 heteroatoms. The summed E-state index contributed by atoms with van der Waals surface area (Å²) in [6.07, 6.45) is 6.52. The normalized spacial score (nSPS) is 16.1. The van der Waals surface area contributed by atoms with Crippen LogP contribution in [-0.4, -0.2) is 0 Å². The zero-order valence-corrected chi connectivity index (χ0v) is 34.3. The number of hydrogen-bond donors (Lipinski definition) is 0. The van der Waals surface area contributed by atoms with Crippen molar-refractivity contribution in [2.45, 2.75) is 56.9 Å². The second kappa shape index (κ2) is 15.2. The van der Waals surface area contributed by atoms with Gasteiger partial charge in [-0.15, -0.1) is 0 Å². The molecule has 0 N–H and O–H groups in total. The van der Waals surface area contributed by atoms with Crippen molar-refractivity contribution in [3.63, 3.8) is 0 Å². The Labute approximate surface area is 354 Å². The van der Waals surface area contributed by atoms with E-state index < -0.39 is 0 Å². The lowest BCUT2D eigenvalue weighted by Gasteiger charge is -2.31.